The van der Waals surface area contributed by atoms with Gasteiger partial charge in [-0.25, -0.2) is 13.4 Å². The highest BCUT2D eigenvalue weighted by Crippen LogP contribution is 2.19. The van der Waals surface area contributed by atoms with Crippen molar-refractivity contribution >= 4 is 15.5 Å². The highest BCUT2D eigenvalue weighted by molar-refractivity contribution is 7.90. The molecular formula is C13H18N4O2S. The van der Waals surface area contributed by atoms with Crippen molar-refractivity contribution in [2.75, 3.05) is 5.73 Å². The fourth-order valence-corrected chi connectivity index (χ4v) is 3.14. The number of hydrogen-bond donors (Lipinski definition) is 1. The van der Waals surface area contributed by atoms with Crippen LogP contribution in [0.1, 0.15) is 32.0 Å². The Morgan fingerprint density at radius 1 is 1.40 bits per heavy atom. The van der Waals surface area contributed by atoms with Gasteiger partial charge in [0.2, 0.25) is 9.84 Å². The van der Waals surface area contributed by atoms with E-state index in [-0.39, 0.29) is 22.5 Å². The molecule has 20 heavy (non-hydrogen) atoms. The molecule has 0 saturated heterocycles. The van der Waals surface area contributed by atoms with Gasteiger partial charge in [-0.15, -0.1) is 0 Å². The van der Waals surface area contributed by atoms with Gasteiger partial charge in [-0.1, -0.05) is 6.92 Å². The average Bonchev–Trinajstić information content (AvgIpc) is 2.85. The van der Waals surface area contributed by atoms with Gasteiger partial charge in [-0.3, -0.25) is 4.68 Å². The summed E-state index contributed by atoms with van der Waals surface area (Å²) in [5, 5.41) is 4.21. The number of hydrogen-bond acceptors (Lipinski definition) is 5. The molecule has 0 radical (unpaired) electrons. The third-order valence-electron chi connectivity index (χ3n) is 3.14. The van der Waals surface area contributed by atoms with E-state index in [2.05, 4.69) is 17.0 Å². The van der Waals surface area contributed by atoms with E-state index in [9.17, 15) is 8.42 Å². The molecule has 2 rings (SSSR count). The molecule has 0 aliphatic heterocycles. The number of sulfone groups is 1. The van der Waals surface area contributed by atoms with Crippen LogP contribution in [0, 0.1) is 0 Å². The van der Waals surface area contributed by atoms with Crippen LogP contribution >= 0.6 is 0 Å². The molecule has 0 spiro atoms. The maximum absolute atomic E-state index is 12.3. The topological polar surface area (TPSA) is 90.9 Å². The monoisotopic (exact) mass is 294 g/mol. The minimum Gasteiger partial charge on any atom is -0.396 e. The van der Waals surface area contributed by atoms with Gasteiger partial charge >= 0.3 is 0 Å². The number of nitrogens with zero attached hydrogens (tertiary/aromatic N) is 3. The lowest BCUT2D eigenvalue weighted by atomic mass is 10.3. The first-order valence-corrected chi connectivity index (χ1v) is 8.06. The first-order chi connectivity index (χ1) is 9.44. The summed E-state index contributed by atoms with van der Waals surface area (Å²) in [7, 11) is -3.58. The van der Waals surface area contributed by atoms with Crippen LogP contribution in [-0.2, 0) is 15.6 Å². The number of nitrogen functional groups attached to an aromatic ring is 1. The summed E-state index contributed by atoms with van der Waals surface area (Å²) in [6.45, 7) is 4.08. The normalized spacial score (nSPS) is 13.3. The Labute approximate surface area is 118 Å². The summed E-state index contributed by atoms with van der Waals surface area (Å²) < 4.78 is 26.3. The summed E-state index contributed by atoms with van der Waals surface area (Å²) in [6, 6.07) is 5.08. The Balaban J connectivity index is 2.25. The zero-order valence-corrected chi connectivity index (χ0v) is 12.3. The van der Waals surface area contributed by atoms with Crippen LogP contribution in [0.4, 0.5) is 5.69 Å². The lowest BCUT2D eigenvalue weighted by Crippen LogP contribution is -2.11. The Hall–Kier alpha value is -1.89. The van der Waals surface area contributed by atoms with E-state index < -0.39 is 9.84 Å². The Bertz CT molecular complexity index is 694. The van der Waals surface area contributed by atoms with Crippen molar-refractivity contribution in [3.8, 4) is 0 Å². The lowest BCUT2D eigenvalue weighted by Gasteiger charge is -2.08. The van der Waals surface area contributed by atoms with Crippen LogP contribution in [0.2, 0.25) is 0 Å². The van der Waals surface area contributed by atoms with Gasteiger partial charge in [0.25, 0.3) is 0 Å². The summed E-state index contributed by atoms with van der Waals surface area (Å²) in [5.41, 5.74) is 6.32. The summed E-state index contributed by atoms with van der Waals surface area (Å²) in [6.07, 6.45) is 4.14. The smallest absolute Gasteiger partial charge is 0.203 e. The minimum atomic E-state index is -3.58. The van der Waals surface area contributed by atoms with Crippen LogP contribution in [0.25, 0.3) is 0 Å². The summed E-state index contributed by atoms with van der Waals surface area (Å²) in [4.78, 5) is 3.86. The highest BCUT2D eigenvalue weighted by atomic mass is 32.2. The second-order valence-corrected chi connectivity index (χ2v) is 6.61. The third-order valence-corrected chi connectivity index (χ3v) is 4.75. The standard InChI is InChI=1S/C13H18N4O2S/c1-3-10(2)17-8-6-11(16-17)9-20(18,19)13-12(14)5-4-7-15-13/h4-8,10H,3,9,14H2,1-2H3. The molecule has 7 heteroatoms. The first-order valence-electron chi connectivity index (χ1n) is 6.41. The maximum atomic E-state index is 12.3. The zero-order chi connectivity index (χ0) is 14.8. The molecule has 2 N–H and O–H groups in total. The van der Waals surface area contributed by atoms with Crippen molar-refractivity contribution in [3.05, 3.63) is 36.3 Å². The van der Waals surface area contributed by atoms with Crippen LogP contribution in [0.15, 0.2) is 35.6 Å². The SMILES string of the molecule is CCC(C)n1ccc(CS(=O)(=O)c2ncccc2N)n1. The molecule has 0 amide bonds. The molecule has 0 aliphatic rings. The van der Waals surface area contributed by atoms with Gasteiger partial charge in [0.1, 0.15) is 5.75 Å². The van der Waals surface area contributed by atoms with Crippen molar-refractivity contribution in [2.45, 2.75) is 37.1 Å². The first kappa shape index (κ1) is 14.5. The third kappa shape index (κ3) is 2.98. The number of anilines is 1. The molecule has 2 heterocycles. The Morgan fingerprint density at radius 3 is 2.80 bits per heavy atom. The molecule has 2 aromatic rings. The number of aromatic nitrogens is 3. The molecule has 6 nitrogen and oxygen atoms in total. The van der Waals surface area contributed by atoms with Crippen LogP contribution < -0.4 is 5.73 Å². The Kier molecular flexibility index (Phi) is 4.08. The molecule has 1 unspecified atom stereocenters. The minimum absolute atomic E-state index is 0.0851. The number of rotatable bonds is 5. The maximum Gasteiger partial charge on any atom is 0.203 e. The van der Waals surface area contributed by atoms with E-state index in [1.165, 1.54) is 12.3 Å². The summed E-state index contributed by atoms with van der Waals surface area (Å²) in [5.74, 6) is -0.197. The highest BCUT2D eigenvalue weighted by Gasteiger charge is 2.21. The molecular weight excluding hydrogens is 276 g/mol. The fraction of sp³-hybridized carbons (Fsp3) is 0.385. The lowest BCUT2D eigenvalue weighted by molar-refractivity contribution is 0.474. The van der Waals surface area contributed by atoms with Crippen LogP contribution in [-0.4, -0.2) is 23.2 Å². The zero-order valence-electron chi connectivity index (χ0n) is 11.5. The molecule has 0 saturated carbocycles. The number of pyridine rings is 1. The molecule has 0 aromatic carbocycles. The second-order valence-electron chi connectivity index (χ2n) is 4.70. The van der Waals surface area contributed by atoms with Gasteiger partial charge in [0.15, 0.2) is 5.03 Å². The largest absolute Gasteiger partial charge is 0.396 e. The fourth-order valence-electron chi connectivity index (χ4n) is 1.81. The van der Waals surface area contributed by atoms with E-state index in [0.717, 1.165) is 6.42 Å². The second kappa shape index (κ2) is 5.62. The molecule has 1 atom stereocenters. The van der Waals surface area contributed by atoms with Gasteiger partial charge in [-0.2, -0.15) is 5.10 Å². The predicted octanol–water partition coefficient (Wildman–Crippen LogP) is 1.81. The van der Waals surface area contributed by atoms with Crippen molar-refractivity contribution in [3.63, 3.8) is 0 Å². The average molecular weight is 294 g/mol. The van der Waals surface area contributed by atoms with Crippen molar-refractivity contribution in [1.29, 1.82) is 0 Å². The number of nitrogens with two attached hydrogens (primary N) is 1. The van der Waals surface area contributed by atoms with Crippen molar-refractivity contribution in [1.82, 2.24) is 14.8 Å². The quantitative estimate of drug-likeness (QED) is 0.908. The van der Waals surface area contributed by atoms with E-state index >= 15 is 0 Å². The molecule has 2 aromatic heterocycles. The van der Waals surface area contributed by atoms with E-state index in [1.807, 2.05) is 6.92 Å². The van der Waals surface area contributed by atoms with Crippen molar-refractivity contribution in [2.24, 2.45) is 0 Å². The van der Waals surface area contributed by atoms with Gasteiger partial charge in [-0.05, 0) is 31.5 Å². The predicted molar refractivity (Wildman–Crippen MR) is 76.8 cm³/mol. The van der Waals surface area contributed by atoms with Gasteiger partial charge < -0.3 is 5.73 Å². The molecule has 0 bridgehead atoms. The van der Waals surface area contributed by atoms with Crippen LogP contribution in [0.5, 0.6) is 0 Å². The van der Waals surface area contributed by atoms with Gasteiger partial charge in [0, 0.05) is 18.4 Å². The van der Waals surface area contributed by atoms with Crippen molar-refractivity contribution < 1.29 is 8.42 Å². The van der Waals surface area contributed by atoms with Gasteiger partial charge in [0.05, 0.1) is 11.4 Å². The molecule has 108 valence electrons. The Morgan fingerprint density at radius 2 is 2.15 bits per heavy atom. The summed E-state index contributed by atoms with van der Waals surface area (Å²) >= 11 is 0. The van der Waals surface area contributed by atoms with Crippen LogP contribution in [0.3, 0.4) is 0 Å². The molecule has 0 aliphatic carbocycles. The van der Waals surface area contributed by atoms with E-state index in [0.29, 0.717) is 5.69 Å². The molecule has 0 fully saturated rings. The van der Waals surface area contributed by atoms with E-state index in [4.69, 9.17) is 5.73 Å². The van der Waals surface area contributed by atoms with E-state index in [1.54, 1.807) is 23.0 Å².